The maximum atomic E-state index is 9.27. The van der Waals surface area contributed by atoms with Gasteiger partial charge in [0.2, 0.25) is 5.91 Å². The van der Waals surface area contributed by atoms with Crippen LogP contribution in [0.25, 0.3) is 0 Å². The van der Waals surface area contributed by atoms with Crippen molar-refractivity contribution in [2.24, 2.45) is 0 Å². The molecule has 0 radical (unpaired) electrons. The third-order valence-electron chi connectivity index (χ3n) is 1.78. The Labute approximate surface area is 67.8 Å². The van der Waals surface area contributed by atoms with E-state index in [-0.39, 0.29) is 0 Å². The summed E-state index contributed by atoms with van der Waals surface area (Å²) in [5, 5.41) is 21.5. The van der Waals surface area contributed by atoms with Crippen LogP contribution in [0, 0.1) is 0 Å². The van der Waals surface area contributed by atoms with Crippen LogP contribution in [0.4, 0.5) is 0 Å². The van der Waals surface area contributed by atoms with Crippen molar-refractivity contribution in [2.75, 3.05) is 27.2 Å². The summed E-state index contributed by atoms with van der Waals surface area (Å²) < 4.78 is 0. The number of hydrogen-bond acceptors (Lipinski definition) is 4. The van der Waals surface area contributed by atoms with E-state index >= 15 is 0 Å². The molecule has 0 aromatic rings. The van der Waals surface area contributed by atoms with Gasteiger partial charge in [-0.15, -0.1) is 0 Å². The number of aliphatic hydroxyl groups is 2. The summed E-state index contributed by atoms with van der Waals surface area (Å²) in [5.74, 6) is -1.66. The number of hydrogen-bond donors (Lipinski definition) is 3. The van der Waals surface area contributed by atoms with Crippen molar-refractivity contribution in [1.29, 1.82) is 0 Å². The van der Waals surface area contributed by atoms with Crippen molar-refractivity contribution in [1.82, 2.24) is 10.2 Å². The van der Waals surface area contributed by atoms with Crippen LogP contribution in [0.15, 0.2) is 0 Å². The summed E-state index contributed by atoms with van der Waals surface area (Å²) in [6.45, 7) is 3.10. The van der Waals surface area contributed by atoms with Gasteiger partial charge in [0.05, 0.1) is 0 Å². The Balaban J connectivity index is 3.71. The second kappa shape index (κ2) is 4.66. The predicted octanol–water partition coefficient (Wildman–Crippen LogP) is -0.814. The minimum atomic E-state index is -1.66. The quantitative estimate of drug-likeness (QED) is 0.463. The number of nitrogens with zero attached hydrogens (tertiary/aromatic N) is 1. The normalized spacial score (nSPS) is 12.5. The molecule has 0 rings (SSSR count). The first-order valence-corrected chi connectivity index (χ1v) is 3.85. The predicted molar refractivity (Wildman–Crippen MR) is 44.0 cm³/mol. The summed E-state index contributed by atoms with van der Waals surface area (Å²) in [7, 11) is 3.51. The van der Waals surface area contributed by atoms with Crippen LogP contribution >= 0.6 is 0 Å². The van der Waals surface area contributed by atoms with Crippen LogP contribution in [0.3, 0.4) is 0 Å². The van der Waals surface area contributed by atoms with Gasteiger partial charge in [-0.05, 0) is 14.1 Å². The van der Waals surface area contributed by atoms with Crippen LogP contribution in [-0.2, 0) is 0 Å². The summed E-state index contributed by atoms with van der Waals surface area (Å²) in [5.41, 5.74) is 0. The highest BCUT2D eigenvalue weighted by Gasteiger charge is 2.25. The minimum absolute atomic E-state index is 0.313. The SMILES string of the molecule is CCC(O)(O)N(C)CCNC. The molecule has 0 heterocycles. The van der Waals surface area contributed by atoms with E-state index in [0.29, 0.717) is 13.0 Å². The molecule has 0 aliphatic rings. The summed E-state index contributed by atoms with van der Waals surface area (Å²) >= 11 is 0. The highest BCUT2D eigenvalue weighted by atomic mass is 16.5. The largest absolute Gasteiger partial charge is 0.353 e. The molecule has 11 heavy (non-hydrogen) atoms. The summed E-state index contributed by atoms with van der Waals surface area (Å²) in [6, 6.07) is 0. The molecule has 0 aromatic carbocycles. The Morgan fingerprint density at radius 2 is 2.00 bits per heavy atom. The van der Waals surface area contributed by atoms with Crippen molar-refractivity contribution in [2.45, 2.75) is 19.3 Å². The lowest BCUT2D eigenvalue weighted by atomic mass is 10.3. The van der Waals surface area contributed by atoms with Gasteiger partial charge in [-0.3, -0.25) is 4.90 Å². The summed E-state index contributed by atoms with van der Waals surface area (Å²) in [4.78, 5) is 1.50. The first kappa shape index (κ1) is 10.8. The first-order valence-electron chi connectivity index (χ1n) is 3.85. The molecule has 4 nitrogen and oxygen atoms in total. The lowest BCUT2D eigenvalue weighted by Crippen LogP contribution is -2.48. The maximum Gasteiger partial charge on any atom is 0.224 e. The van der Waals surface area contributed by atoms with Crippen molar-refractivity contribution >= 4 is 0 Å². The average Bonchev–Trinajstić information content (AvgIpc) is 2.00. The zero-order valence-electron chi connectivity index (χ0n) is 7.46. The van der Waals surface area contributed by atoms with Gasteiger partial charge in [0.1, 0.15) is 0 Å². The van der Waals surface area contributed by atoms with E-state index in [1.807, 2.05) is 7.05 Å². The monoisotopic (exact) mass is 162 g/mol. The fourth-order valence-electron chi connectivity index (χ4n) is 0.728. The van der Waals surface area contributed by atoms with Gasteiger partial charge in [0, 0.05) is 19.5 Å². The molecule has 0 saturated heterocycles. The van der Waals surface area contributed by atoms with Gasteiger partial charge in [-0.25, -0.2) is 0 Å². The molecule has 0 saturated carbocycles. The van der Waals surface area contributed by atoms with Crippen LogP contribution in [0.5, 0.6) is 0 Å². The van der Waals surface area contributed by atoms with Crippen molar-refractivity contribution in [3.05, 3.63) is 0 Å². The van der Waals surface area contributed by atoms with E-state index in [1.165, 1.54) is 4.90 Å². The molecule has 68 valence electrons. The van der Waals surface area contributed by atoms with Gasteiger partial charge >= 0.3 is 0 Å². The van der Waals surface area contributed by atoms with Gasteiger partial charge in [0.25, 0.3) is 0 Å². The molecular weight excluding hydrogens is 144 g/mol. The Kier molecular flexibility index (Phi) is 4.60. The average molecular weight is 162 g/mol. The Bertz CT molecular complexity index is 107. The fraction of sp³-hybridized carbons (Fsp3) is 1.00. The molecule has 0 spiro atoms. The van der Waals surface area contributed by atoms with E-state index in [9.17, 15) is 10.2 Å². The summed E-state index contributed by atoms with van der Waals surface area (Å²) in [6.07, 6.45) is 0.313. The maximum absolute atomic E-state index is 9.27. The Hall–Kier alpha value is -0.160. The van der Waals surface area contributed by atoms with E-state index < -0.39 is 5.91 Å². The minimum Gasteiger partial charge on any atom is -0.353 e. The number of likely N-dealkylation sites (N-methyl/N-ethyl adjacent to an activating group) is 2. The molecule has 3 N–H and O–H groups in total. The third-order valence-corrected chi connectivity index (χ3v) is 1.78. The zero-order valence-corrected chi connectivity index (χ0v) is 7.46. The van der Waals surface area contributed by atoms with Crippen LogP contribution in [-0.4, -0.2) is 48.2 Å². The molecule has 0 bridgehead atoms. The van der Waals surface area contributed by atoms with Crippen molar-refractivity contribution < 1.29 is 10.2 Å². The van der Waals surface area contributed by atoms with Gasteiger partial charge in [-0.2, -0.15) is 0 Å². The standard InChI is InChI=1S/C7H18N2O2/c1-4-7(10,11)9(3)6-5-8-2/h8,10-11H,4-6H2,1-3H3. The molecule has 0 amide bonds. The molecule has 0 fully saturated rings. The number of nitrogens with one attached hydrogen (secondary N) is 1. The topological polar surface area (TPSA) is 55.7 Å². The van der Waals surface area contributed by atoms with E-state index in [2.05, 4.69) is 5.32 Å². The van der Waals surface area contributed by atoms with Crippen LogP contribution in [0.2, 0.25) is 0 Å². The van der Waals surface area contributed by atoms with Crippen LogP contribution in [0.1, 0.15) is 13.3 Å². The lowest BCUT2D eigenvalue weighted by Gasteiger charge is -2.30. The van der Waals surface area contributed by atoms with Crippen molar-refractivity contribution in [3.8, 4) is 0 Å². The molecule has 0 atom stereocenters. The highest BCUT2D eigenvalue weighted by molar-refractivity contribution is 4.62. The fourth-order valence-corrected chi connectivity index (χ4v) is 0.728. The Morgan fingerprint density at radius 3 is 2.36 bits per heavy atom. The van der Waals surface area contributed by atoms with E-state index in [4.69, 9.17) is 0 Å². The zero-order chi connectivity index (χ0) is 8.91. The molecule has 4 heteroatoms. The smallest absolute Gasteiger partial charge is 0.224 e. The van der Waals surface area contributed by atoms with Gasteiger partial charge < -0.3 is 15.5 Å². The molecule has 0 aliphatic heterocycles. The van der Waals surface area contributed by atoms with Gasteiger partial charge in [0.15, 0.2) is 0 Å². The molecule has 0 unspecified atom stereocenters. The van der Waals surface area contributed by atoms with Crippen molar-refractivity contribution in [3.63, 3.8) is 0 Å². The van der Waals surface area contributed by atoms with E-state index in [1.54, 1.807) is 14.0 Å². The molecular formula is C7H18N2O2. The second-order valence-corrected chi connectivity index (χ2v) is 2.65. The molecule has 0 aromatic heterocycles. The Morgan fingerprint density at radius 1 is 1.45 bits per heavy atom. The number of rotatable bonds is 5. The first-order chi connectivity index (χ1) is 5.04. The van der Waals surface area contributed by atoms with Crippen LogP contribution < -0.4 is 5.32 Å². The highest BCUT2D eigenvalue weighted by Crippen LogP contribution is 2.08. The second-order valence-electron chi connectivity index (χ2n) is 2.65. The van der Waals surface area contributed by atoms with Gasteiger partial charge in [-0.1, -0.05) is 6.92 Å². The molecule has 0 aliphatic carbocycles. The lowest BCUT2D eigenvalue weighted by molar-refractivity contribution is -0.256. The third kappa shape index (κ3) is 3.67. The van der Waals surface area contributed by atoms with E-state index in [0.717, 1.165) is 6.54 Å².